The van der Waals surface area contributed by atoms with Crippen molar-refractivity contribution in [2.45, 2.75) is 25.6 Å². The molecule has 0 saturated carbocycles. The molecular formula is C8H12O3S. The summed E-state index contributed by atoms with van der Waals surface area (Å²) in [5.41, 5.74) is 0.934. The molecule has 1 heterocycles. The average Bonchev–Trinajstić information content (AvgIpc) is 2.34. The van der Waals surface area contributed by atoms with E-state index in [0.29, 0.717) is 5.75 Å². The van der Waals surface area contributed by atoms with Crippen molar-refractivity contribution in [1.29, 1.82) is 0 Å². The standard InChI is InChI=1S/C8H12O3S/c1-5(2)8-11-7(4-12-8)10-6(3)9/h7-8H,1,4H2,2-3H3. The lowest BCUT2D eigenvalue weighted by atomic mass is 10.4. The Morgan fingerprint density at radius 1 is 1.67 bits per heavy atom. The Kier molecular flexibility index (Phi) is 3.17. The van der Waals surface area contributed by atoms with Crippen molar-refractivity contribution in [3.8, 4) is 0 Å². The van der Waals surface area contributed by atoms with Gasteiger partial charge >= 0.3 is 5.97 Å². The lowest BCUT2D eigenvalue weighted by Crippen LogP contribution is -2.19. The zero-order valence-electron chi connectivity index (χ0n) is 7.20. The van der Waals surface area contributed by atoms with Crippen LogP contribution in [0.15, 0.2) is 12.2 Å². The number of carbonyl (C=O) groups excluding carboxylic acids is 1. The van der Waals surface area contributed by atoms with Gasteiger partial charge in [-0.15, -0.1) is 11.8 Å². The maximum atomic E-state index is 10.5. The van der Waals surface area contributed by atoms with Crippen LogP contribution < -0.4 is 0 Å². The minimum atomic E-state index is -0.394. The summed E-state index contributed by atoms with van der Waals surface area (Å²) < 4.78 is 10.2. The molecule has 0 aromatic rings. The molecule has 0 aromatic heterocycles. The Labute approximate surface area is 76.1 Å². The quantitative estimate of drug-likeness (QED) is 0.486. The second kappa shape index (κ2) is 3.96. The summed E-state index contributed by atoms with van der Waals surface area (Å²) in [6.07, 6.45) is -0.394. The molecular weight excluding hydrogens is 176 g/mol. The van der Waals surface area contributed by atoms with E-state index in [-0.39, 0.29) is 11.4 Å². The van der Waals surface area contributed by atoms with Crippen molar-refractivity contribution < 1.29 is 14.3 Å². The molecule has 0 radical (unpaired) electrons. The third kappa shape index (κ3) is 2.53. The molecule has 4 heteroatoms. The van der Waals surface area contributed by atoms with E-state index in [1.165, 1.54) is 6.92 Å². The number of hydrogen-bond donors (Lipinski definition) is 0. The predicted octanol–water partition coefficient (Wildman–Crippen LogP) is 1.54. The molecule has 0 N–H and O–H groups in total. The monoisotopic (exact) mass is 188 g/mol. The first-order valence-corrected chi connectivity index (χ1v) is 4.74. The first-order valence-electron chi connectivity index (χ1n) is 3.69. The maximum absolute atomic E-state index is 10.5. The maximum Gasteiger partial charge on any atom is 0.304 e. The second-order valence-electron chi connectivity index (χ2n) is 2.69. The highest BCUT2D eigenvalue weighted by Gasteiger charge is 2.28. The van der Waals surface area contributed by atoms with Crippen LogP contribution in [0.2, 0.25) is 0 Å². The van der Waals surface area contributed by atoms with E-state index in [0.717, 1.165) is 5.57 Å². The Morgan fingerprint density at radius 2 is 2.33 bits per heavy atom. The van der Waals surface area contributed by atoms with Crippen LogP contribution in [0.1, 0.15) is 13.8 Å². The second-order valence-corrected chi connectivity index (χ2v) is 3.78. The van der Waals surface area contributed by atoms with Gasteiger partial charge in [-0.05, 0) is 12.5 Å². The zero-order valence-corrected chi connectivity index (χ0v) is 8.02. The van der Waals surface area contributed by atoms with E-state index in [1.54, 1.807) is 11.8 Å². The van der Waals surface area contributed by atoms with Gasteiger partial charge in [0.05, 0.1) is 5.75 Å². The highest BCUT2D eigenvalue weighted by atomic mass is 32.2. The van der Waals surface area contributed by atoms with E-state index >= 15 is 0 Å². The third-order valence-corrected chi connectivity index (χ3v) is 2.64. The Morgan fingerprint density at radius 3 is 2.75 bits per heavy atom. The van der Waals surface area contributed by atoms with Gasteiger partial charge < -0.3 is 9.47 Å². The lowest BCUT2D eigenvalue weighted by molar-refractivity contribution is -0.168. The third-order valence-electron chi connectivity index (χ3n) is 1.36. The van der Waals surface area contributed by atoms with Gasteiger partial charge in [-0.3, -0.25) is 4.79 Å². The van der Waals surface area contributed by atoms with Gasteiger partial charge in [0.2, 0.25) is 6.29 Å². The van der Waals surface area contributed by atoms with E-state index in [4.69, 9.17) is 9.47 Å². The minimum absolute atomic E-state index is 0.0191. The van der Waals surface area contributed by atoms with E-state index < -0.39 is 6.29 Å². The summed E-state index contributed by atoms with van der Waals surface area (Å²) >= 11 is 1.60. The fourth-order valence-electron chi connectivity index (χ4n) is 0.888. The van der Waals surface area contributed by atoms with Crippen LogP contribution in [-0.2, 0) is 14.3 Å². The van der Waals surface area contributed by atoms with Crippen molar-refractivity contribution in [3.63, 3.8) is 0 Å². The summed E-state index contributed by atoms with van der Waals surface area (Å²) in [7, 11) is 0. The normalized spacial score (nSPS) is 28.5. The highest BCUT2D eigenvalue weighted by molar-refractivity contribution is 8.00. The molecule has 0 spiro atoms. The molecule has 1 saturated heterocycles. The number of esters is 1. The van der Waals surface area contributed by atoms with Crippen molar-refractivity contribution in [2.75, 3.05) is 5.75 Å². The van der Waals surface area contributed by atoms with Gasteiger partial charge in [-0.1, -0.05) is 6.58 Å². The largest absolute Gasteiger partial charge is 0.435 e. The van der Waals surface area contributed by atoms with Crippen LogP contribution in [0, 0.1) is 0 Å². The number of rotatable bonds is 2. The van der Waals surface area contributed by atoms with Crippen molar-refractivity contribution in [2.24, 2.45) is 0 Å². The van der Waals surface area contributed by atoms with Crippen LogP contribution in [0.5, 0.6) is 0 Å². The summed E-state index contributed by atoms with van der Waals surface area (Å²) in [4.78, 5) is 10.5. The molecule has 1 fully saturated rings. The molecule has 1 rings (SSSR count). The number of ether oxygens (including phenoxy) is 2. The van der Waals surface area contributed by atoms with Crippen molar-refractivity contribution >= 4 is 17.7 Å². The topological polar surface area (TPSA) is 35.5 Å². The van der Waals surface area contributed by atoms with Crippen LogP contribution in [-0.4, -0.2) is 23.4 Å². The Hall–Kier alpha value is -0.480. The molecule has 1 aliphatic heterocycles. The fraction of sp³-hybridized carbons (Fsp3) is 0.625. The van der Waals surface area contributed by atoms with Crippen LogP contribution in [0.3, 0.4) is 0 Å². The van der Waals surface area contributed by atoms with Gasteiger partial charge in [0.1, 0.15) is 5.44 Å². The van der Waals surface area contributed by atoms with Crippen LogP contribution >= 0.6 is 11.8 Å². The molecule has 68 valence electrons. The highest BCUT2D eigenvalue weighted by Crippen LogP contribution is 2.29. The van der Waals surface area contributed by atoms with Crippen LogP contribution in [0.25, 0.3) is 0 Å². The SMILES string of the molecule is C=C(C)C1OC(OC(C)=O)CS1. The van der Waals surface area contributed by atoms with E-state index in [9.17, 15) is 4.79 Å². The zero-order chi connectivity index (χ0) is 9.14. The number of carbonyl (C=O) groups is 1. The van der Waals surface area contributed by atoms with Gasteiger partial charge in [-0.25, -0.2) is 0 Å². The molecule has 1 aliphatic rings. The Balaban J connectivity index is 2.35. The number of thioether (sulfide) groups is 1. The van der Waals surface area contributed by atoms with Gasteiger partial charge in [0, 0.05) is 6.92 Å². The van der Waals surface area contributed by atoms with E-state index in [1.807, 2.05) is 6.92 Å². The van der Waals surface area contributed by atoms with Gasteiger partial charge in [0.15, 0.2) is 0 Å². The molecule has 0 amide bonds. The molecule has 0 bridgehead atoms. The van der Waals surface area contributed by atoms with Crippen LogP contribution in [0.4, 0.5) is 0 Å². The fourth-order valence-corrected chi connectivity index (χ4v) is 1.85. The molecule has 0 aromatic carbocycles. The predicted molar refractivity (Wildman–Crippen MR) is 47.7 cm³/mol. The average molecular weight is 188 g/mol. The first-order chi connectivity index (χ1) is 5.59. The number of hydrogen-bond acceptors (Lipinski definition) is 4. The summed E-state index contributed by atoms with van der Waals surface area (Å²) in [6.45, 7) is 7.04. The molecule has 2 unspecified atom stereocenters. The smallest absolute Gasteiger partial charge is 0.304 e. The molecule has 3 nitrogen and oxygen atoms in total. The molecule has 12 heavy (non-hydrogen) atoms. The van der Waals surface area contributed by atoms with Crippen molar-refractivity contribution in [3.05, 3.63) is 12.2 Å². The van der Waals surface area contributed by atoms with E-state index in [2.05, 4.69) is 6.58 Å². The van der Waals surface area contributed by atoms with Crippen molar-refractivity contribution in [1.82, 2.24) is 0 Å². The Bertz CT molecular complexity index is 202. The lowest BCUT2D eigenvalue weighted by Gasteiger charge is -2.11. The van der Waals surface area contributed by atoms with Gasteiger partial charge in [-0.2, -0.15) is 0 Å². The summed E-state index contributed by atoms with van der Waals surface area (Å²) in [6, 6.07) is 0. The molecule has 0 aliphatic carbocycles. The molecule has 2 atom stereocenters. The summed E-state index contributed by atoms with van der Waals surface area (Å²) in [5, 5.41) is 0. The minimum Gasteiger partial charge on any atom is -0.435 e. The van der Waals surface area contributed by atoms with Gasteiger partial charge in [0.25, 0.3) is 0 Å². The summed E-state index contributed by atoms with van der Waals surface area (Å²) in [5.74, 6) is 0.389. The first kappa shape index (κ1) is 9.61.